The van der Waals surface area contributed by atoms with Gasteiger partial charge in [0.1, 0.15) is 36.6 Å². The summed E-state index contributed by atoms with van der Waals surface area (Å²) in [4.78, 5) is 22.6. The molecular weight excluding hydrogens is 859 g/mol. The number of amides is 1. The molecule has 2 fully saturated rings. The first-order chi connectivity index (χ1) is 31.9. The minimum atomic E-state index is -1.55. The van der Waals surface area contributed by atoms with Crippen LogP contribution in [0.15, 0.2) is 90.1 Å². The summed E-state index contributed by atoms with van der Waals surface area (Å²) in [6.07, 6.45) is 9.80. The third kappa shape index (κ3) is 10.4. The summed E-state index contributed by atoms with van der Waals surface area (Å²) in [6, 6.07) is 16.9. The van der Waals surface area contributed by atoms with Crippen molar-refractivity contribution >= 4 is 23.4 Å². The molecule has 8 rings (SSSR count). The van der Waals surface area contributed by atoms with Crippen LogP contribution in [0.3, 0.4) is 0 Å². The van der Waals surface area contributed by atoms with Crippen molar-refractivity contribution < 1.29 is 57.4 Å². The summed E-state index contributed by atoms with van der Waals surface area (Å²) in [6.45, 7) is 4.94. The van der Waals surface area contributed by atoms with E-state index in [0.717, 1.165) is 55.2 Å². The van der Waals surface area contributed by atoms with Gasteiger partial charge in [-0.25, -0.2) is 9.18 Å². The van der Waals surface area contributed by atoms with Crippen LogP contribution in [-0.2, 0) is 32.2 Å². The molecule has 15 heteroatoms. The van der Waals surface area contributed by atoms with Crippen molar-refractivity contribution in [1.29, 1.82) is 0 Å². The number of allylic oxidation sites excluding steroid dienone is 1. The monoisotopic (exact) mass is 918 g/mol. The number of halogens is 2. The Balaban J connectivity index is 1.31. The lowest BCUT2D eigenvalue weighted by atomic mass is 9.55. The number of alkyl halides is 1. The van der Waals surface area contributed by atoms with Crippen LogP contribution in [0.25, 0.3) is 0 Å². The smallest absolute Gasteiger partial charge is 0.410 e. The van der Waals surface area contributed by atoms with Gasteiger partial charge in [0.25, 0.3) is 0 Å². The van der Waals surface area contributed by atoms with Crippen LogP contribution in [0.5, 0.6) is 23.0 Å². The van der Waals surface area contributed by atoms with E-state index in [4.69, 9.17) is 54.8 Å². The first-order valence-electron chi connectivity index (χ1n) is 23.0. The molecule has 7 atom stereocenters. The van der Waals surface area contributed by atoms with Crippen molar-refractivity contribution in [3.8, 4) is 23.0 Å². The highest BCUT2D eigenvalue weighted by atomic mass is 35.5. The zero-order valence-electron chi connectivity index (χ0n) is 36.8. The van der Waals surface area contributed by atoms with E-state index < -0.39 is 30.1 Å². The van der Waals surface area contributed by atoms with E-state index >= 15 is 0 Å². The van der Waals surface area contributed by atoms with Crippen LogP contribution in [0.1, 0.15) is 86.8 Å². The second kappa shape index (κ2) is 22.1. The summed E-state index contributed by atoms with van der Waals surface area (Å²) < 4.78 is 58.9. The Morgan fingerprint density at radius 2 is 1.82 bits per heavy atom. The predicted octanol–water partition coefficient (Wildman–Crippen LogP) is 9.17. The maximum atomic E-state index is 14.8. The van der Waals surface area contributed by atoms with Crippen LogP contribution in [0.4, 0.5) is 9.18 Å². The van der Waals surface area contributed by atoms with Crippen LogP contribution < -0.4 is 18.9 Å². The molecule has 1 saturated heterocycles. The average Bonchev–Trinajstić information content (AvgIpc) is 3.80. The Bertz CT molecular complexity index is 2170. The number of ether oxygens (including phenoxy) is 7. The number of fused-ring (bicyclic) bond motifs is 3. The Kier molecular flexibility index (Phi) is 15.9. The number of hydrogen-bond donors (Lipinski definition) is 2. The standard InChI is InChI=1S/C50H60ClFN2O11/c1-2-23-63-50-45(54(49(57)59-25-20-51)30-33-16-18-43-44(26-33)62-32-61-43)29-41(53-65-46-15-7-10-24-58-46)38-27-34(11-5-8-21-55)37(13-6-9-22-56)47(48(38)50)39-28-36(17-19-42(39)64-50)60-31-35-12-3-4-14-40(35)52/h2-4,12,14,16-19,26-28,34,37,45-48,55-56H,1,5-11,13,15,20-25,29-32H2/t34-,37+,45-,46?,47+,48+,50+/m0/s1. The Labute approximate surface area is 385 Å². The number of aliphatic hydroxyl groups excluding tert-OH is 2. The molecule has 3 aromatic carbocycles. The maximum Gasteiger partial charge on any atom is 0.410 e. The van der Waals surface area contributed by atoms with Crippen LogP contribution in [-0.4, -0.2) is 90.7 Å². The van der Waals surface area contributed by atoms with Gasteiger partial charge < -0.3 is 48.2 Å². The zero-order valence-corrected chi connectivity index (χ0v) is 37.5. The number of carbonyl (C=O) groups is 1. The van der Waals surface area contributed by atoms with Gasteiger partial charge in [-0.3, -0.25) is 4.90 Å². The molecule has 1 saturated carbocycles. The summed E-state index contributed by atoms with van der Waals surface area (Å²) >= 11 is 6.13. The van der Waals surface area contributed by atoms with Crippen LogP contribution in [0.2, 0.25) is 0 Å². The van der Waals surface area contributed by atoms with Crippen molar-refractivity contribution in [3.05, 3.63) is 107 Å². The Morgan fingerprint density at radius 3 is 2.60 bits per heavy atom. The lowest BCUT2D eigenvalue weighted by molar-refractivity contribution is -0.256. The van der Waals surface area contributed by atoms with E-state index in [2.05, 4.69) is 12.7 Å². The number of carbonyl (C=O) groups excluding carboxylic acids is 1. The molecule has 3 heterocycles. The molecule has 0 aromatic heterocycles. The average molecular weight is 919 g/mol. The Hall–Kier alpha value is -4.86. The quantitative estimate of drug-likeness (QED) is 0.0457. The molecule has 0 spiro atoms. The first kappa shape index (κ1) is 46.7. The third-order valence-electron chi connectivity index (χ3n) is 13.1. The van der Waals surface area contributed by atoms with Gasteiger partial charge in [0.2, 0.25) is 18.9 Å². The number of nitrogens with zero attached hydrogens (tertiary/aromatic N) is 2. The number of aliphatic hydroxyl groups is 2. The lowest BCUT2D eigenvalue weighted by Crippen LogP contribution is -2.70. The van der Waals surface area contributed by atoms with Crippen molar-refractivity contribution in [1.82, 2.24) is 4.90 Å². The fraction of sp³-hybridized carbons (Fsp3) is 0.520. The molecule has 0 radical (unpaired) electrons. The highest BCUT2D eigenvalue weighted by Gasteiger charge is 2.66. The fourth-order valence-corrected chi connectivity index (χ4v) is 10.3. The molecule has 3 aromatic rings. The minimum absolute atomic E-state index is 0.00800. The zero-order chi connectivity index (χ0) is 45.2. The molecule has 5 aliphatic rings. The van der Waals surface area contributed by atoms with Crippen molar-refractivity contribution in [3.63, 3.8) is 0 Å². The molecule has 1 unspecified atom stereocenters. The van der Waals surface area contributed by atoms with Crippen molar-refractivity contribution in [2.75, 3.05) is 45.7 Å². The minimum Gasteiger partial charge on any atom is -0.489 e. The summed E-state index contributed by atoms with van der Waals surface area (Å²) in [7, 11) is 0. The van der Waals surface area contributed by atoms with Gasteiger partial charge in [-0.2, -0.15) is 0 Å². The Morgan fingerprint density at radius 1 is 1.00 bits per heavy atom. The van der Waals surface area contributed by atoms with Crippen LogP contribution in [0, 0.1) is 23.6 Å². The van der Waals surface area contributed by atoms with E-state index in [-0.39, 0.29) is 82.2 Å². The molecule has 13 nitrogen and oxygen atoms in total. The van der Waals surface area contributed by atoms with E-state index in [1.54, 1.807) is 29.2 Å². The van der Waals surface area contributed by atoms with Gasteiger partial charge in [0.05, 0.1) is 30.7 Å². The molecule has 0 bridgehead atoms. The molecular formula is C50H60ClFN2O11. The SMILES string of the molecule is C=CCO[C@@]12Oc3ccc(OCc4ccccc4F)cc3[C@H]3[C@H](CCCCO)[C@@H](CCCCO)C=C(C(=NOC4CCCCO4)C[C@@H]1N(Cc1ccc4c(c1)OCO4)C(=O)OCCCl)[C@H]32. The van der Waals surface area contributed by atoms with E-state index in [0.29, 0.717) is 60.1 Å². The summed E-state index contributed by atoms with van der Waals surface area (Å²) in [5.74, 6) is -0.489. The van der Waals surface area contributed by atoms with Gasteiger partial charge in [-0.1, -0.05) is 54.4 Å². The second-order valence-electron chi connectivity index (χ2n) is 17.2. The molecule has 1 amide bonds. The maximum absolute atomic E-state index is 14.8. The number of oxime groups is 1. The molecule has 2 N–H and O–H groups in total. The van der Waals surface area contributed by atoms with E-state index in [9.17, 15) is 19.4 Å². The topological polar surface area (TPSA) is 147 Å². The van der Waals surface area contributed by atoms with E-state index in [1.165, 1.54) is 6.07 Å². The van der Waals surface area contributed by atoms with Crippen LogP contribution >= 0.6 is 11.6 Å². The summed E-state index contributed by atoms with van der Waals surface area (Å²) in [5.41, 5.74) is 3.54. The predicted molar refractivity (Wildman–Crippen MR) is 241 cm³/mol. The molecule has 2 aliphatic carbocycles. The van der Waals surface area contributed by atoms with E-state index in [1.807, 2.05) is 36.4 Å². The fourth-order valence-electron chi connectivity index (χ4n) is 10.2. The number of rotatable bonds is 21. The molecule has 65 heavy (non-hydrogen) atoms. The normalized spacial score (nSPS) is 25.7. The third-order valence-corrected chi connectivity index (χ3v) is 13.3. The van der Waals surface area contributed by atoms with Gasteiger partial charge in [0, 0.05) is 49.6 Å². The van der Waals surface area contributed by atoms with Crippen molar-refractivity contribution in [2.24, 2.45) is 22.9 Å². The number of unbranched alkanes of at least 4 members (excludes halogenated alkanes) is 2. The highest BCUT2D eigenvalue weighted by molar-refractivity contribution is 6.18. The van der Waals surface area contributed by atoms with Crippen molar-refractivity contribution in [2.45, 2.75) is 101 Å². The molecule has 3 aliphatic heterocycles. The second-order valence-corrected chi connectivity index (χ2v) is 17.6. The first-order valence-corrected chi connectivity index (χ1v) is 23.5. The van der Waals surface area contributed by atoms with Gasteiger partial charge in [-0.15, -0.1) is 18.2 Å². The van der Waals surface area contributed by atoms with Gasteiger partial charge in [0.15, 0.2) is 11.5 Å². The van der Waals surface area contributed by atoms with Gasteiger partial charge in [-0.05, 0) is 97.9 Å². The summed E-state index contributed by atoms with van der Waals surface area (Å²) in [5, 5.41) is 24.9. The number of hydrogen-bond acceptors (Lipinski definition) is 12. The number of benzene rings is 3. The molecule has 350 valence electrons. The highest BCUT2D eigenvalue weighted by Crippen LogP contribution is 2.62. The largest absolute Gasteiger partial charge is 0.489 e. The van der Waals surface area contributed by atoms with Gasteiger partial charge >= 0.3 is 6.09 Å². The lowest BCUT2D eigenvalue weighted by Gasteiger charge is -2.59.